The SMILES string of the molecule is CN=C(NCc1cccc(S(=O)(=O)NC)c1)N1CC(C)CC(C)C1.I. The lowest BCUT2D eigenvalue weighted by molar-refractivity contribution is 0.208. The van der Waals surface area contributed by atoms with Crippen LogP contribution >= 0.6 is 24.0 Å². The fourth-order valence-electron chi connectivity index (χ4n) is 3.29. The van der Waals surface area contributed by atoms with E-state index in [1.54, 1.807) is 25.2 Å². The number of piperidine rings is 1. The van der Waals surface area contributed by atoms with E-state index in [9.17, 15) is 8.42 Å². The second-order valence-corrected chi connectivity index (χ2v) is 8.49. The third kappa shape index (κ3) is 6.10. The molecule has 1 aliphatic heterocycles. The first-order valence-electron chi connectivity index (χ1n) is 8.33. The summed E-state index contributed by atoms with van der Waals surface area (Å²) in [4.78, 5) is 6.95. The van der Waals surface area contributed by atoms with Gasteiger partial charge in [-0.2, -0.15) is 0 Å². The minimum absolute atomic E-state index is 0. The van der Waals surface area contributed by atoms with E-state index < -0.39 is 10.0 Å². The molecule has 8 heteroatoms. The van der Waals surface area contributed by atoms with Gasteiger partial charge in [-0.15, -0.1) is 24.0 Å². The van der Waals surface area contributed by atoms with Crippen LogP contribution in [0.4, 0.5) is 0 Å². The summed E-state index contributed by atoms with van der Waals surface area (Å²) in [6.45, 7) is 7.07. The Balaban J connectivity index is 0.00000312. The molecule has 1 heterocycles. The molecule has 6 nitrogen and oxygen atoms in total. The molecule has 2 N–H and O–H groups in total. The second kappa shape index (κ2) is 9.72. The van der Waals surface area contributed by atoms with Crippen LogP contribution in [0.1, 0.15) is 25.8 Å². The molecule has 0 aliphatic carbocycles. The minimum Gasteiger partial charge on any atom is -0.352 e. The highest BCUT2D eigenvalue weighted by Gasteiger charge is 2.24. The number of nitrogens with zero attached hydrogens (tertiary/aromatic N) is 2. The number of benzene rings is 1. The van der Waals surface area contributed by atoms with Gasteiger partial charge in [-0.1, -0.05) is 26.0 Å². The highest BCUT2D eigenvalue weighted by Crippen LogP contribution is 2.21. The zero-order valence-electron chi connectivity index (χ0n) is 15.3. The molecule has 25 heavy (non-hydrogen) atoms. The predicted molar refractivity (Wildman–Crippen MR) is 113 cm³/mol. The second-order valence-electron chi connectivity index (χ2n) is 6.61. The molecule has 0 aromatic heterocycles. The lowest BCUT2D eigenvalue weighted by Crippen LogP contribution is -2.48. The summed E-state index contributed by atoms with van der Waals surface area (Å²) in [5.74, 6) is 2.17. The Morgan fingerprint density at radius 3 is 2.48 bits per heavy atom. The molecule has 2 atom stereocenters. The molecule has 1 aromatic carbocycles. The van der Waals surface area contributed by atoms with Gasteiger partial charge in [-0.25, -0.2) is 13.1 Å². The summed E-state index contributed by atoms with van der Waals surface area (Å²) in [6, 6.07) is 6.96. The van der Waals surface area contributed by atoms with Crippen molar-refractivity contribution in [1.82, 2.24) is 14.9 Å². The topological polar surface area (TPSA) is 73.8 Å². The van der Waals surface area contributed by atoms with Crippen LogP contribution in [0.2, 0.25) is 0 Å². The molecule has 1 saturated heterocycles. The maximum atomic E-state index is 11.9. The number of guanidine groups is 1. The van der Waals surface area contributed by atoms with Crippen molar-refractivity contribution < 1.29 is 8.42 Å². The third-order valence-electron chi connectivity index (χ3n) is 4.31. The molecule has 0 saturated carbocycles. The van der Waals surface area contributed by atoms with E-state index in [0.29, 0.717) is 18.4 Å². The van der Waals surface area contributed by atoms with Gasteiger partial charge in [0.1, 0.15) is 0 Å². The third-order valence-corrected chi connectivity index (χ3v) is 5.72. The Morgan fingerprint density at radius 1 is 1.28 bits per heavy atom. The fraction of sp³-hybridized carbons (Fsp3) is 0.588. The molecule has 2 unspecified atom stereocenters. The van der Waals surface area contributed by atoms with E-state index in [2.05, 4.69) is 33.8 Å². The van der Waals surface area contributed by atoms with E-state index >= 15 is 0 Å². The number of hydrogen-bond acceptors (Lipinski definition) is 3. The van der Waals surface area contributed by atoms with Gasteiger partial charge < -0.3 is 10.2 Å². The number of nitrogens with one attached hydrogen (secondary N) is 2. The van der Waals surface area contributed by atoms with Gasteiger partial charge in [0.05, 0.1) is 4.90 Å². The molecule has 142 valence electrons. The summed E-state index contributed by atoms with van der Waals surface area (Å²) in [5.41, 5.74) is 0.908. The van der Waals surface area contributed by atoms with Crippen LogP contribution in [0, 0.1) is 11.8 Å². The van der Waals surface area contributed by atoms with E-state index in [4.69, 9.17) is 0 Å². The van der Waals surface area contributed by atoms with Crippen LogP contribution in [0.5, 0.6) is 0 Å². The Morgan fingerprint density at radius 2 is 1.92 bits per heavy atom. The lowest BCUT2D eigenvalue weighted by atomic mass is 9.92. The molecular weight excluding hydrogens is 451 g/mol. The zero-order chi connectivity index (χ0) is 17.7. The number of likely N-dealkylation sites (tertiary alicyclic amines) is 1. The molecule has 0 amide bonds. The van der Waals surface area contributed by atoms with Crippen molar-refractivity contribution >= 4 is 40.0 Å². The molecule has 0 radical (unpaired) electrons. The number of sulfonamides is 1. The van der Waals surface area contributed by atoms with Crippen molar-refractivity contribution in [3.63, 3.8) is 0 Å². The van der Waals surface area contributed by atoms with E-state index in [0.717, 1.165) is 24.6 Å². The van der Waals surface area contributed by atoms with Gasteiger partial charge in [0.25, 0.3) is 0 Å². The van der Waals surface area contributed by atoms with E-state index in [-0.39, 0.29) is 28.9 Å². The Hall–Kier alpha value is -0.870. The monoisotopic (exact) mass is 480 g/mol. The van der Waals surface area contributed by atoms with Crippen molar-refractivity contribution in [3.8, 4) is 0 Å². The first-order valence-corrected chi connectivity index (χ1v) is 9.82. The van der Waals surface area contributed by atoms with Crippen LogP contribution in [-0.4, -0.2) is 46.5 Å². The first kappa shape index (κ1) is 22.2. The van der Waals surface area contributed by atoms with Crippen LogP contribution in [-0.2, 0) is 16.6 Å². The van der Waals surface area contributed by atoms with Gasteiger partial charge in [0.2, 0.25) is 10.0 Å². The van der Waals surface area contributed by atoms with Gasteiger partial charge in [0, 0.05) is 26.7 Å². The average molecular weight is 480 g/mol. The molecule has 1 aliphatic rings. The molecule has 0 spiro atoms. The van der Waals surface area contributed by atoms with E-state index in [1.807, 2.05) is 6.07 Å². The van der Waals surface area contributed by atoms with Crippen LogP contribution in [0.15, 0.2) is 34.2 Å². The maximum absolute atomic E-state index is 11.9. The van der Waals surface area contributed by atoms with E-state index in [1.165, 1.54) is 13.5 Å². The van der Waals surface area contributed by atoms with Crippen LogP contribution < -0.4 is 10.0 Å². The Kier molecular flexibility index (Phi) is 8.62. The summed E-state index contributed by atoms with van der Waals surface area (Å²) in [6.07, 6.45) is 1.25. The minimum atomic E-state index is -3.42. The summed E-state index contributed by atoms with van der Waals surface area (Å²) >= 11 is 0. The number of rotatable bonds is 4. The standard InChI is InChI=1S/C17H28N4O2S.HI/c1-13-8-14(2)12-21(11-13)17(18-3)20-10-15-6-5-7-16(9-15)24(22,23)19-4;/h5-7,9,13-14,19H,8,10-12H2,1-4H3,(H,18,20);1H. The largest absolute Gasteiger partial charge is 0.352 e. The number of aliphatic imine (C=N–C) groups is 1. The first-order chi connectivity index (χ1) is 11.4. The van der Waals surface area contributed by atoms with Crippen LogP contribution in [0.25, 0.3) is 0 Å². The van der Waals surface area contributed by atoms with Gasteiger partial charge in [0.15, 0.2) is 5.96 Å². The fourth-order valence-corrected chi connectivity index (χ4v) is 4.09. The van der Waals surface area contributed by atoms with Crippen molar-refractivity contribution in [2.75, 3.05) is 27.2 Å². The smallest absolute Gasteiger partial charge is 0.240 e. The van der Waals surface area contributed by atoms with Crippen molar-refractivity contribution in [2.24, 2.45) is 16.8 Å². The number of hydrogen-bond donors (Lipinski definition) is 2. The Bertz CT molecular complexity index is 684. The zero-order valence-corrected chi connectivity index (χ0v) is 18.5. The van der Waals surface area contributed by atoms with Crippen molar-refractivity contribution in [3.05, 3.63) is 29.8 Å². The lowest BCUT2D eigenvalue weighted by Gasteiger charge is -2.37. The van der Waals surface area contributed by atoms with Crippen molar-refractivity contribution in [2.45, 2.75) is 31.7 Å². The molecular formula is C17H29IN4O2S. The molecule has 1 fully saturated rings. The molecule has 1 aromatic rings. The number of halogens is 1. The maximum Gasteiger partial charge on any atom is 0.240 e. The average Bonchev–Trinajstić information content (AvgIpc) is 2.55. The van der Waals surface area contributed by atoms with Gasteiger partial charge in [-0.3, -0.25) is 4.99 Å². The van der Waals surface area contributed by atoms with Gasteiger partial charge in [-0.05, 0) is 43.0 Å². The Labute approximate surface area is 168 Å². The highest BCUT2D eigenvalue weighted by molar-refractivity contribution is 14.0. The summed E-state index contributed by atoms with van der Waals surface area (Å²) in [5, 5.41) is 3.35. The van der Waals surface area contributed by atoms with Crippen LogP contribution in [0.3, 0.4) is 0 Å². The normalized spacial score (nSPS) is 21.6. The molecule has 2 rings (SSSR count). The highest BCUT2D eigenvalue weighted by atomic mass is 127. The summed E-state index contributed by atoms with van der Waals surface area (Å²) < 4.78 is 26.1. The predicted octanol–water partition coefficient (Wildman–Crippen LogP) is 2.27. The quantitative estimate of drug-likeness (QED) is 0.394. The van der Waals surface area contributed by atoms with Crippen molar-refractivity contribution in [1.29, 1.82) is 0 Å². The molecule has 0 bridgehead atoms. The van der Waals surface area contributed by atoms with Gasteiger partial charge >= 0.3 is 0 Å². The summed E-state index contributed by atoms with van der Waals surface area (Å²) in [7, 11) is -0.215.